The van der Waals surface area contributed by atoms with E-state index in [1.807, 2.05) is 41.3 Å². The standard InChI is InChI=1S/C21H21ClN2O3.ClH/c22-17-6-2-4-8-19(17)26-13-16-15-5-1-3-7-18(15)27-20(16)21(25)24-10-9-14(11-23)12-24;/h1-8,14H,9-13,23H2;1H. The molecular formula is C21H22Cl2N2O3. The minimum atomic E-state index is -0.111. The number of hydrogen-bond acceptors (Lipinski definition) is 4. The van der Waals surface area contributed by atoms with E-state index in [-0.39, 0.29) is 24.9 Å². The van der Waals surface area contributed by atoms with Gasteiger partial charge < -0.3 is 19.8 Å². The van der Waals surface area contributed by atoms with E-state index in [0.717, 1.165) is 17.4 Å². The predicted octanol–water partition coefficient (Wildman–Crippen LogP) is 4.51. The number of nitrogens with two attached hydrogens (primary N) is 1. The minimum Gasteiger partial charge on any atom is -0.487 e. The molecule has 3 aromatic rings. The molecule has 1 aliphatic rings. The van der Waals surface area contributed by atoms with Crippen molar-refractivity contribution in [1.29, 1.82) is 0 Å². The van der Waals surface area contributed by atoms with Crippen molar-refractivity contribution < 1.29 is 13.9 Å². The normalized spacial score (nSPS) is 16.2. The highest BCUT2D eigenvalue weighted by atomic mass is 35.5. The Balaban J connectivity index is 0.00000225. The van der Waals surface area contributed by atoms with Gasteiger partial charge in [-0.2, -0.15) is 0 Å². The van der Waals surface area contributed by atoms with E-state index >= 15 is 0 Å². The van der Waals surface area contributed by atoms with Crippen molar-refractivity contribution in [2.45, 2.75) is 13.0 Å². The van der Waals surface area contributed by atoms with Crippen LogP contribution >= 0.6 is 24.0 Å². The molecule has 1 aliphatic heterocycles. The highest BCUT2D eigenvalue weighted by molar-refractivity contribution is 6.32. The van der Waals surface area contributed by atoms with Gasteiger partial charge in [0.05, 0.1) is 5.02 Å². The molecule has 5 nitrogen and oxygen atoms in total. The summed E-state index contributed by atoms with van der Waals surface area (Å²) in [5.41, 5.74) is 7.17. The highest BCUT2D eigenvalue weighted by Gasteiger charge is 2.30. The van der Waals surface area contributed by atoms with E-state index in [4.69, 9.17) is 26.5 Å². The topological polar surface area (TPSA) is 68.7 Å². The molecule has 1 aromatic heterocycles. The number of ether oxygens (including phenoxy) is 1. The lowest BCUT2D eigenvalue weighted by Gasteiger charge is -2.16. The fourth-order valence-corrected chi connectivity index (χ4v) is 3.67. The Kier molecular flexibility index (Phi) is 6.50. The monoisotopic (exact) mass is 420 g/mol. The molecule has 28 heavy (non-hydrogen) atoms. The Labute approximate surface area is 174 Å². The molecular weight excluding hydrogens is 399 g/mol. The molecule has 2 aromatic carbocycles. The number of para-hydroxylation sites is 2. The summed E-state index contributed by atoms with van der Waals surface area (Å²) in [6.07, 6.45) is 0.925. The zero-order valence-electron chi connectivity index (χ0n) is 15.3. The molecule has 0 aliphatic carbocycles. The first kappa shape index (κ1) is 20.5. The molecule has 4 rings (SSSR count). The van der Waals surface area contributed by atoms with E-state index in [1.54, 1.807) is 12.1 Å². The SMILES string of the molecule is Cl.NCC1CCN(C(=O)c2oc3ccccc3c2COc2ccccc2Cl)C1. The van der Waals surface area contributed by atoms with Gasteiger partial charge in [0.2, 0.25) is 0 Å². The van der Waals surface area contributed by atoms with Crippen LogP contribution in [0.15, 0.2) is 52.9 Å². The van der Waals surface area contributed by atoms with Crippen molar-refractivity contribution in [2.24, 2.45) is 11.7 Å². The number of fused-ring (bicyclic) bond motifs is 1. The third-order valence-corrected chi connectivity index (χ3v) is 5.32. The summed E-state index contributed by atoms with van der Waals surface area (Å²) in [6.45, 7) is 2.15. The Bertz CT molecular complexity index is 973. The van der Waals surface area contributed by atoms with E-state index < -0.39 is 0 Å². The molecule has 1 saturated heterocycles. The van der Waals surface area contributed by atoms with Gasteiger partial charge in [0.25, 0.3) is 5.91 Å². The van der Waals surface area contributed by atoms with Crippen LogP contribution in [-0.4, -0.2) is 30.4 Å². The van der Waals surface area contributed by atoms with Gasteiger partial charge in [-0.05, 0) is 37.1 Å². The third kappa shape index (κ3) is 3.97. The largest absolute Gasteiger partial charge is 0.487 e. The Hall–Kier alpha value is -2.21. The average Bonchev–Trinajstić information content (AvgIpc) is 3.32. The summed E-state index contributed by atoms with van der Waals surface area (Å²) < 4.78 is 11.8. The second-order valence-corrected chi connectivity index (χ2v) is 7.17. The molecule has 0 radical (unpaired) electrons. The first-order chi connectivity index (χ1) is 13.2. The Morgan fingerprint density at radius 2 is 1.96 bits per heavy atom. The van der Waals surface area contributed by atoms with E-state index in [9.17, 15) is 4.79 Å². The number of benzene rings is 2. The molecule has 2 N–H and O–H groups in total. The number of hydrogen-bond donors (Lipinski definition) is 1. The smallest absolute Gasteiger partial charge is 0.290 e. The van der Waals surface area contributed by atoms with Gasteiger partial charge in [-0.3, -0.25) is 4.79 Å². The van der Waals surface area contributed by atoms with Crippen molar-refractivity contribution in [3.8, 4) is 5.75 Å². The zero-order valence-corrected chi connectivity index (χ0v) is 16.8. The number of furan rings is 1. The van der Waals surface area contributed by atoms with E-state index in [1.165, 1.54) is 0 Å². The number of likely N-dealkylation sites (tertiary alicyclic amines) is 1. The number of rotatable bonds is 5. The minimum absolute atomic E-state index is 0. The van der Waals surface area contributed by atoms with Crippen LogP contribution in [0, 0.1) is 5.92 Å². The summed E-state index contributed by atoms with van der Waals surface area (Å²) in [5.74, 6) is 1.15. The van der Waals surface area contributed by atoms with Crippen LogP contribution in [0.3, 0.4) is 0 Å². The van der Waals surface area contributed by atoms with Gasteiger partial charge in [-0.25, -0.2) is 0 Å². The van der Waals surface area contributed by atoms with Crippen LogP contribution in [0.4, 0.5) is 0 Å². The fourth-order valence-electron chi connectivity index (χ4n) is 3.48. The first-order valence-electron chi connectivity index (χ1n) is 9.04. The number of nitrogens with zero attached hydrogens (tertiary/aromatic N) is 1. The van der Waals surface area contributed by atoms with Crippen molar-refractivity contribution in [2.75, 3.05) is 19.6 Å². The number of carbonyl (C=O) groups excluding carboxylic acids is 1. The maximum absolute atomic E-state index is 13.1. The highest BCUT2D eigenvalue weighted by Crippen LogP contribution is 2.31. The number of carbonyl (C=O) groups is 1. The van der Waals surface area contributed by atoms with Gasteiger partial charge in [-0.15, -0.1) is 12.4 Å². The van der Waals surface area contributed by atoms with Crippen LogP contribution in [0.1, 0.15) is 22.5 Å². The van der Waals surface area contributed by atoms with E-state index in [2.05, 4.69) is 0 Å². The zero-order chi connectivity index (χ0) is 18.8. The second kappa shape index (κ2) is 8.86. The number of amides is 1. The van der Waals surface area contributed by atoms with Gasteiger partial charge >= 0.3 is 0 Å². The maximum atomic E-state index is 13.1. The van der Waals surface area contributed by atoms with Crippen LogP contribution in [-0.2, 0) is 6.61 Å². The number of halogens is 2. The van der Waals surface area contributed by atoms with Crippen LogP contribution in [0.5, 0.6) is 5.75 Å². The summed E-state index contributed by atoms with van der Waals surface area (Å²) >= 11 is 6.19. The fraction of sp³-hybridized carbons (Fsp3) is 0.286. The predicted molar refractivity (Wildman–Crippen MR) is 112 cm³/mol. The summed E-state index contributed by atoms with van der Waals surface area (Å²) in [4.78, 5) is 14.9. The van der Waals surface area contributed by atoms with Crippen molar-refractivity contribution in [3.63, 3.8) is 0 Å². The molecule has 1 amide bonds. The van der Waals surface area contributed by atoms with Crippen molar-refractivity contribution >= 4 is 40.9 Å². The quantitative estimate of drug-likeness (QED) is 0.658. The molecule has 1 fully saturated rings. The molecule has 0 bridgehead atoms. The van der Waals surface area contributed by atoms with Crippen LogP contribution in [0.25, 0.3) is 11.0 Å². The van der Waals surface area contributed by atoms with E-state index in [0.29, 0.717) is 47.7 Å². The van der Waals surface area contributed by atoms with Gasteiger partial charge in [-0.1, -0.05) is 41.9 Å². The third-order valence-electron chi connectivity index (χ3n) is 5.01. The summed E-state index contributed by atoms with van der Waals surface area (Å²) in [6, 6.07) is 14.9. The molecule has 1 unspecified atom stereocenters. The lowest BCUT2D eigenvalue weighted by Crippen LogP contribution is -2.30. The molecule has 148 valence electrons. The second-order valence-electron chi connectivity index (χ2n) is 6.77. The summed E-state index contributed by atoms with van der Waals surface area (Å²) in [7, 11) is 0. The molecule has 1 atom stereocenters. The lowest BCUT2D eigenvalue weighted by atomic mass is 10.1. The first-order valence-corrected chi connectivity index (χ1v) is 9.42. The van der Waals surface area contributed by atoms with Gasteiger partial charge in [0.1, 0.15) is 17.9 Å². The molecule has 0 spiro atoms. The molecule has 0 saturated carbocycles. The van der Waals surface area contributed by atoms with Gasteiger partial charge in [0.15, 0.2) is 5.76 Å². The lowest BCUT2D eigenvalue weighted by molar-refractivity contribution is 0.0754. The maximum Gasteiger partial charge on any atom is 0.290 e. The van der Waals surface area contributed by atoms with Gasteiger partial charge in [0, 0.05) is 24.0 Å². The Morgan fingerprint density at radius 3 is 2.71 bits per heavy atom. The van der Waals surface area contributed by atoms with Crippen molar-refractivity contribution in [1.82, 2.24) is 4.90 Å². The average molecular weight is 421 g/mol. The van der Waals surface area contributed by atoms with Crippen LogP contribution < -0.4 is 10.5 Å². The van der Waals surface area contributed by atoms with Crippen LogP contribution in [0.2, 0.25) is 5.02 Å². The molecule has 7 heteroatoms. The summed E-state index contributed by atoms with van der Waals surface area (Å²) in [5, 5.41) is 1.41. The molecule has 2 heterocycles. The Morgan fingerprint density at radius 1 is 1.21 bits per heavy atom. The van der Waals surface area contributed by atoms with Crippen molar-refractivity contribution in [3.05, 3.63) is 64.9 Å².